The van der Waals surface area contributed by atoms with Crippen LogP contribution in [0, 0.1) is 18.3 Å². The fourth-order valence-electron chi connectivity index (χ4n) is 3.06. The number of hydrogen-bond donors (Lipinski definition) is 1. The van der Waals surface area contributed by atoms with E-state index in [4.69, 9.17) is 5.73 Å². The van der Waals surface area contributed by atoms with Crippen molar-refractivity contribution in [1.82, 2.24) is 4.98 Å². The van der Waals surface area contributed by atoms with Crippen LogP contribution < -0.4 is 10.6 Å². The summed E-state index contributed by atoms with van der Waals surface area (Å²) < 4.78 is 0. The highest BCUT2D eigenvalue weighted by Crippen LogP contribution is 2.33. The summed E-state index contributed by atoms with van der Waals surface area (Å²) in [7, 11) is 0. The van der Waals surface area contributed by atoms with Gasteiger partial charge in [-0.15, -0.1) is 0 Å². The minimum atomic E-state index is 0.310. The molecule has 0 aliphatic carbocycles. The molecule has 0 bridgehead atoms. The zero-order chi connectivity index (χ0) is 17.0. The molecule has 1 heterocycles. The highest BCUT2D eigenvalue weighted by atomic mass is 15.1. The summed E-state index contributed by atoms with van der Waals surface area (Å²) in [4.78, 5) is 6.61. The maximum atomic E-state index is 9.51. The number of hydrogen-bond acceptors (Lipinski definition) is 4. The quantitative estimate of drug-likeness (QED) is 0.909. The number of nitrogen functional groups attached to an aromatic ring is 1. The maximum Gasteiger partial charge on any atom is 0.142 e. The smallest absolute Gasteiger partial charge is 0.142 e. The van der Waals surface area contributed by atoms with Gasteiger partial charge in [-0.2, -0.15) is 5.26 Å². The molecule has 2 N–H and O–H groups in total. The van der Waals surface area contributed by atoms with Gasteiger partial charge in [0.25, 0.3) is 0 Å². The van der Waals surface area contributed by atoms with Crippen molar-refractivity contribution in [1.29, 1.82) is 5.26 Å². The molecule has 0 spiro atoms. The third kappa shape index (κ3) is 3.14. The lowest BCUT2D eigenvalue weighted by Crippen LogP contribution is -2.21. The Morgan fingerprint density at radius 3 is 2.22 bits per heavy atom. The van der Waals surface area contributed by atoms with Gasteiger partial charge in [0.1, 0.15) is 17.5 Å². The minimum Gasteiger partial charge on any atom is -0.383 e. The first-order valence-corrected chi connectivity index (χ1v) is 8.11. The first kappa shape index (κ1) is 16.8. The van der Waals surface area contributed by atoms with Gasteiger partial charge in [0.05, 0.1) is 0 Å². The van der Waals surface area contributed by atoms with Gasteiger partial charge in [0.2, 0.25) is 0 Å². The van der Waals surface area contributed by atoms with Crippen LogP contribution in [0.5, 0.6) is 0 Å². The van der Waals surface area contributed by atoms with Gasteiger partial charge in [-0.3, -0.25) is 0 Å². The first-order valence-electron chi connectivity index (χ1n) is 8.11. The Hall–Kier alpha value is -2.54. The Morgan fingerprint density at radius 2 is 1.74 bits per heavy atom. The zero-order valence-corrected chi connectivity index (χ0v) is 14.3. The van der Waals surface area contributed by atoms with Crippen LogP contribution >= 0.6 is 0 Å². The van der Waals surface area contributed by atoms with Crippen LogP contribution in [0.3, 0.4) is 0 Å². The fourth-order valence-corrected chi connectivity index (χ4v) is 3.06. The second-order valence-corrected chi connectivity index (χ2v) is 5.50. The summed E-state index contributed by atoms with van der Waals surface area (Å²) in [6.45, 7) is 10.3. The van der Waals surface area contributed by atoms with Crippen molar-refractivity contribution in [2.24, 2.45) is 0 Å². The lowest BCUT2D eigenvalue weighted by Gasteiger charge is -2.21. The molecule has 23 heavy (non-hydrogen) atoms. The second kappa shape index (κ2) is 7.15. The van der Waals surface area contributed by atoms with E-state index in [1.807, 2.05) is 6.92 Å². The SMILES string of the molecule is CCc1c(C)nc(N)c(C#N)c1-c1ccc(N(CC)CC)cc1. The molecular formula is C19H24N4. The number of anilines is 2. The Labute approximate surface area is 138 Å². The molecule has 1 aromatic heterocycles. The lowest BCUT2D eigenvalue weighted by atomic mass is 9.93. The zero-order valence-electron chi connectivity index (χ0n) is 14.3. The molecule has 1 aromatic carbocycles. The average Bonchev–Trinajstić information content (AvgIpc) is 2.56. The van der Waals surface area contributed by atoms with Gasteiger partial charge in [-0.1, -0.05) is 19.1 Å². The van der Waals surface area contributed by atoms with E-state index in [0.29, 0.717) is 11.4 Å². The predicted molar refractivity (Wildman–Crippen MR) is 96.5 cm³/mol. The molecule has 2 aromatic rings. The topological polar surface area (TPSA) is 65.9 Å². The van der Waals surface area contributed by atoms with Crippen molar-refractivity contribution < 1.29 is 0 Å². The van der Waals surface area contributed by atoms with Gasteiger partial charge < -0.3 is 10.6 Å². The molecule has 4 nitrogen and oxygen atoms in total. The first-order chi connectivity index (χ1) is 11.1. The summed E-state index contributed by atoms with van der Waals surface area (Å²) in [6.07, 6.45) is 0.820. The van der Waals surface area contributed by atoms with E-state index in [0.717, 1.165) is 41.9 Å². The number of aryl methyl sites for hydroxylation is 1. The highest BCUT2D eigenvalue weighted by molar-refractivity contribution is 5.79. The molecule has 0 atom stereocenters. The van der Waals surface area contributed by atoms with Gasteiger partial charge in [0, 0.05) is 30.0 Å². The van der Waals surface area contributed by atoms with E-state index in [1.165, 1.54) is 5.69 Å². The van der Waals surface area contributed by atoms with Crippen LogP contribution in [0.1, 0.15) is 37.6 Å². The van der Waals surface area contributed by atoms with Crippen molar-refractivity contribution in [3.63, 3.8) is 0 Å². The largest absolute Gasteiger partial charge is 0.383 e. The minimum absolute atomic E-state index is 0.310. The highest BCUT2D eigenvalue weighted by Gasteiger charge is 2.17. The van der Waals surface area contributed by atoms with Gasteiger partial charge in [-0.05, 0) is 50.5 Å². The van der Waals surface area contributed by atoms with E-state index >= 15 is 0 Å². The summed E-state index contributed by atoms with van der Waals surface area (Å²) in [5, 5.41) is 9.51. The second-order valence-electron chi connectivity index (χ2n) is 5.50. The Morgan fingerprint density at radius 1 is 1.13 bits per heavy atom. The molecule has 0 amide bonds. The summed E-state index contributed by atoms with van der Waals surface area (Å²) in [6, 6.07) is 10.6. The molecule has 0 saturated carbocycles. The number of nitriles is 1. The molecule has 120 valence electrons. The molecule has 0 radical (unpaired) electrons. The summed E-state index contributed by atoms with van der Waals surface area (Å²) in [5.74, 6) is 0.310. The molecular weight excluding hydrogens is 284 g/mol. The Bertz CT molecular complexity index is 723. The van der Waals surface area contributed by atoms with Crippen LogP contribution in [0.2, 0.25) is 0 Å². The Kier molecular flexibility index (Phi) is 5.23. The standard InChI is InChI=1S/C19H24N4/c1-5-16-13(4)22-19(21)17(12-20)18(16)14-8-10-15(11-9-14)23(6-2)7-3/h8-11H,5-7H2,1-4H3,(H2,21,22). The summed E-state index contributed by atoms with van der Waals surface area (Å²) >= 11 is 0. The van der Waals surface area contributed by atoms with Crippen molar-refractivity contribution in [2.45, 2.75) is 34.1 Å². The van der Waals surface area contributed by atoms with Gasteiger partial charge in [0.15, 0.2) is 0 Å². The molecule has 4 heteroatoms. The molecule has 0 unspecified atom stereocenters. The van der Waals surface area contributed by atoms with E-state index < -0.39 is 0 Å². The number of rotatable bonds is 5. The monoisotopic (exact) mass is 308 g/mol. The van der Waals surface area contributed by atoms with E-state index in [1.54, 1.807) is 0 Å². The number of benzene rings is 1. The predicted octanol–water partition coefficient (Wildman–Crippen LogP) is 3.92. The van der Waals surface area contributed by atoms with Crippen LogP contribution in [-0.4, -0.2) is 18.1 Å². The maximum absolute atomic E-state index is 9.51. The van der Waals surface area contributed by atoms with Crippen LogP contribution in [-0.2, 0) is 6.42 Å². The van der Waals surface area contributed by atoms with E-state index in [-0.39, 0.29) is 0 Å². The number of aromatic nitrogens is 1. The van der Waals surface area contributed by atoms with Crippen LogP contribution in [0.4, 0.5) is 11.5 Å². The third-order valence-electron chi connectivity index (χ3n) is 4.28. The molecule has 0 aliphatic heterocycles. The normalized spacial score (nSPS) is 10.4. The molecule has 0 aliphatic rings. The molecule has 0 saturated heterocycles. The summed E-state index contributed by atoms with van der Waals surface area (Å²) in [5.41, 5.74) is 11.6. The molecule has 2 rings (SSSR count). The van der Waals surface area contributed by atoms with Gasteiger partial charge >= 0.3 is 0 Å². The Balaban J connectivity index is 2.60. The number of nitrogens with zero attached hydrogens (tertiary/aromatic N) is 3. The van der Waals surface area contributed by atoms with E-state index in [9.17, 15) is 5.26 Å². The number of pyridine rings is 1. The fraction of sp³-hybridized carbons (Fsp3) is 0.368. The molecule has 0 fully saturated rings. The van der Waals surface area contributed by atoms with E-state index in [2.05, 4.69) is 61.0 Å². The van der Waals surface area contributed by atoms with Gasteiger partial charge in [-0.25, -0.2) is 4.98 Å². The van der Waals surface area contributed by atoms with Crippen molar-refractivity contribution in [3.8, 4) is 17.2 Å². The van der Waals surface area contributed by atoms with Crippen molar-refractivity contribution >= 4 is 11.5 Å². The van der Waals surface area contributed by atoms with Crippen LogP contribution in [0.25, 0.3) is 11.1 Å². The average molecular weight is 308 g/mol. The third-order valence-corrected chi connectivity index (χ3v) is 4.28. The number of nitrogens with two attached hydrogens (primary N) is 1. The van der Waals surface area contributed by atoms with Crippen molar-refractivity contribution in [2.75, 3.05) is 23.7 Å². The van der Waals surface area contributed by atoms with Crippen molar-refractivity contribution in [3.05, 3.63) is 41.1 Å². The van der Waals surface area contributed by atoms with Crippen LogP contribution in [0.15, 0.2) is 24.3 Å². The lowest BCUT2D eigenvalue weighted by molar-refractivity contribution is 0.866.